The van der Waals surface area contributed by atoms with Crippen molar-refractivity contribution >= 4 is 39.0 Å². The van der Waals surface area contributed by atoms with E-state index in [2.05, 4.69) is 5.32 Å². The molecular weight excluding hydrogens is 519 g/mol. The number of alkyl halides is 3. The molecule has 0 fully saturated rings. The van der Waals surface area contributed by atoms with E-state index in [0.717, 1.165) is 17.7 Å². The number of esters is 1. The minimum absolute atomic E-state index is 0.0393. The van der Waals surface area contributed by atoms with Crippen LogP contribution in [-0.2, 0) is 30.3 Å². The fourth-order valence-corrected chi connectivity index (χ4v) is 4.55. The van der Waals surface area contributed by atoms with Crippen molar-refractivity contribution in [2.75, 3.05) is 11.1 Å². The number of rotatable bonds is 8. The molecule has 1 atom stereocenters. The van der Waals surface area contributed by atoms with Crippen molar-refractivity contribution in [1.82, 2.24) is 0 Å². The third-order valence-electron chi connectivity index (χ3n) is 5.10. The first-order chi connectivity index (χ1) is 16.9. The third kappa shape index (κ3) is 7.08. The summed E-state index contributed by atoms with van der Waals surface area (Å²) in [6, 6.07) is 16.3. The fraction of sp³-hybridized carbons (Fsp3) is 0.200. The molecule has 36 heavy (non-hydrogen) atoms. The molecule has 3 aromatic rings. The molecule has 0 aromatic heterocycles. The van der Waals surface area contributed by atoms with Crippen molar-refractivity contribution in [3.63, 3.8) is 0 Å². The molecule has 11 heteroatoms. The second-order valence-electron chi connectivity index (χ2n) is 7.84. The summed E-state index contributed by atoms with van der Waals surface area (Å²) in [4.78, 5) is 25.5. The summed E-state index contributed by atoms with van der Waals surface area (Å²) in [5.74, 6) is -2.50. The number of benzene rings is 3. The Hall–Kier alpha value is -3.37. The summed E-state index contributed by atoms with van der Waals surface area (Å²) in [7, 11) is -3.79. The number of amides is 1. The Morgan fingerprint density at radius 2 is 1.64 bits per heavy atom. The minimum Gasteiger partial charge on any atom is -0.447 e. The Kier molecular flexibility index (Phi) is 8.42. The molecular formula is C25H21ClF3NO5S. The third-order valence-corrected chi connectivity index (χ3v) is 7.16. The first-order valence-electron chi connectivity index (χ1n) is 10.6. The molecule has 0 saturated carbocycles. The van der Waals surface area contributed by atoms with Crippen molar-refractivity contribution in [2.45, 2.75) is 30.5 Å². The maximum Gasteiger partial charge on any atom is 0.416 e. The molecule has 3 rings (SSSR count). The van der Waals surface area contributed by atoms with Gasteiger partial charge in [-0.05, 0) is 37.3 Å². The van der Waals surface area contributed by atoms with E-state index in [9.17, 15) is 31.2 Å². The number of carbonyl (C=O) groups is 2. The number of ether oxygens (including phenoxy) is 1. The van der Waals surface area contributed by atoms with Crippen molar-refractivity contribution in [2.24, 2.45) is 0 Å². The lowest BCUT2D eigenvalue weighted by atomic mass is 10.1. The van der Waals surface area contributed by atoms with Gasteiger partial charge in [-0.15, -0.1) is 0 Å². The number of aryl methyl sites for hydroxylation is 1. The Labute approximate surface area is 211 Å². The molecule has 0 saturated heterocycles. The zero-order chi connectivity index (χ0) is 26.5. The van der Waals surface area contributed by atoms with Crippen LogP contribution < -0.4 is 5.32 Å². The van der Waals surface area contributed by atoms with Gasteiger partial charge >= 0.3 is 12.1 Å². The van der Waals surface area contributed by atoms with Crippen LogP contribution in [0.25, 0.3) is 0 Å². The number of anilines is 1. The summed E-state index contributed by atoms with van der Waals surface area (Å²) in [6.45, 7) is 1.80. The number of nitrogens with one attached hydrogen (secondary N) is 1. The molecule has 190 valence electrons. The standard InChI is InChI=1S/C25H21ClF3NO5S/c1-16-7-10-19(11-8-16)36(33,34)14-13-22(31)35-23(17-5-3-2-4-6-17)24(32)30-21-15-18(25(27,28)29)9-12-20(21)26/h2-12,15,23H,13-14H2,1H3,(H,30,32). The van der Waals surface area contributed by atoms with Crippen LogP contribution in [0.3, 0.4) is 0 Å². The van der Waals surface area contributed by atoms with E-state index in [1.54, 1.807) is 37.3 Å². The summed E-state index contributed by atoms with van der Waals surface area (Å²) in [5, 5.41) is 2.11. The average molecular weight is 540 g/mol. The topological polar surface area (TPSA) is 89.5 Å². The SMILES string of the molecule is Cc1ccc(S(=O)(=O)CCC(=O)OC(C(=O)Nc2cc(C(F)(F)F)ccc2Cl)c2ccccc2)cc1. The molecule has 0 bridgehead atoms. The second-order valence-corrected chi connectivity index (χ2v) is 10.4. The molecule has 6 nitrogen and oxygen atoms in total. The summed E-state index contributed by atoms with van der Waals surface area (Å²) in [5.41, 5.74) is -0.258. The lowest BCUT2D eigenvalue weighted by Crippen LogP contribution is -2.27. The fourth-order valence-electron chi connectivity index (χ4n) is 3.17. The quantitative estimate of drug-likeness (QED) is 0.368. The van der Waals surface area contributed by atoms with Crippen LogP contribution in [0, 0.1) is 6.92 Å². The number of hydrogen-bond donors (Lipinski definition) is 1. The van der Waals surface area contributed by atoms with Gasteiger partial charge < -0.3 is 10.1 Å². The molecule has 3 aromatic carbocycles. The summed E-state index contributed by atoms with van der Waals surface area (Å²) >= 11 is 5.96. The molecule has 0 aliphatic carbocycles. The molecule has 0 aliphatic rings. The van der Waals surface area contributed by atoms with E-state index < -0.39 is 51.7 Å². The number of carbonyl (C=O) groups excluding carboxylic acids is 2. The van der Waals surface area contributed by atoms with E-state index in [4.69, 9.17) is 16.3 Å². The van der Waals surface area contributed by atoms with E-state index in [1.807, 2.05) is 0 Å². The molecule has 0 radical (unpaired) electrons. The van der Waals surface area contributed by atoms with E-state index in [0.29, 0.717) is 6.07 Å². The van der Waals surface area contributed by atoms with Gasteiger partial charge in [-0.2, -0.15) is 13.2 Å². The van der Waals surface area contributed by atoms with Gasteiger partial charge in [0, 0.05) is 5.56 Å². The molecule has 0 heterocycles. The average Bonchev–Trinajstić information content (AvgIpc) is 2.82. The zero-order valence-corrected chi connectivity index (χ0v) is 20.5. The Bertz CT molecular complexity index is 1340. The van der Waals surface area contributed by atoms with Gasteiger partial charge in [0.2, 0.25) is 6.10 Å². The predicted molar refractivity (Wildman–Crippen MR) is 128 cm³/mol. The van der Waals surface area contributed by atoms with Gasteiger partial charge in [0.05, 0.1) is 33.3 Å². The Morgan fingerprint density at radius 1 is 1.00 bits per heavy atom. The van der Waals surface area contributed by atoms with E-state index in [-0.39, 0.29) is 21.2 Å². The highest BCUT2D eigenvalue weighted by molar-refractivity contribution is 7.91. The van der Waals surface area contributed by atoms with Gasteiger partial charge in [-0.1, -0.05) is 59.6 Å². The monoisotopic (exact) mass is 539 g/mol. The Morgan fingerprint density at radius 3 is 2.25 bits per heavy atom. The summed E-state index contributed by atoms with van der Waals surface area (Å²) < 4.78 is 69.6. The molecule has 0 aliphatic heterocycles. The Balaban J connectivity index is 1.77. The van der Waals surface area contributed by atoms with Gasteiger partial charge in [0.1, 0.15) is 0 Å². The highest BCUT2D eigenvalue weighted by atomic mass is 35.5. The van der Waals surface area contributed by atoms with Crippen molar-refractivity contribution in [3.05, 3.63) is 94.5 Å². The van der Waals surface area contributed by atoms with Crippen molar-refractivity contribution in [1.29, 1.82) is 0 Å². The van der Waals surface area contributed by atoms with Crippen molar-refractivity contribution < 1.29 is 35.9 Å². The van der Waals surface area contributed by atoms with Crippen LogP contribution in [0.1, 0.15) is 29.2 Å². The normalized spacial score (nSPS) is 12.6. The largest absolute Gasteiger partial charge is 0.447 e. The maximum absolute atomic E-state index is 13.1. The highest BCUT2D eigenvalue weighted by Crippen LogP contribution is 2.34. The molecule has 1 unspecified atom stereocenters. The molecule has 1 N–H and O–H groups in total. The number of halogens is 4. The molecule has 0 spiro atoms. The maximum atomic E-state index is 13.1. The minimum atomic E-state index is -4.67. The van der Waals surface area contributed by atoms with Crippen LogP contribution in [0.5, 0.6) is 0 Å². The number of sulfone groups is 1. The van der Waals surface area contributed by atoms with Gasteiger partial charge in [-0.25, -0.2) is 8.42 Å². The second kappa shape index (κ2) is 11.1. The molecule has 1 amide bonds. The zero-order valence-electron chi connectivity index (χ0n) is 18.9. The van der Waals surface area contributed by atoms with Crippen molar-refractivity contribution in [3.8, 4) is 0 Å². The number of hydrogen-bond acceptors (Lipinski definition) is 5. The van der Waals surface area contributed by atoms with Crippen LogP contribution in [0.15, 0.2) is 77.7 Å². The van der Waals surface area contributed by atoms with Crippen LogP contribution in [-0.4, -0.2) is 26.0 Å². The van der Waals surface area contributed by atoms with E-state index >= 15 is 0 Å². The summed E-state index contributed by atoms with van der Waals surface area (Å²) in [6.07, 6.45) is -6.78. The van der Waals surface area contributed by atoms with Crippen LogP contribution in [0.2, 0.25) is 5.02 Å². The van der Waals surface area contributed by atoms with Crippen LogP contribution in [0.4, 0.5) is 18.9 Å². The van der Waals surface area contributed by atoms with Gasteiger partial charge in [0.15, 0.2) is 9.84 Å². The first kappa shape index (κ1) is 27.2. The lowest BCUT2D eigenvalue weighted by Gasteiger charge is -2.19. The highest BCUT2D eigenvalue weighted by Gasteiger charge is 2.32. The lowest BCUT2D eigenvalue weighted by molar-refractivity contribution is -0.154. The van der Waals surface area contributed by atoms with Gasteiger partial charge in [0.25, 0.3) is 5.91 Å². The smallest absolute Gasteiger partial charge is 0.416 e. The predicted octanol–water partition coefficient (Wildman–Crippen LogP) is 5.75. The van der Waals surface area contributed by atoms with Gasteiger partial charge in [-0.3, -0.25) is 9.59 Å². The van der Waals surface area contributed by atoms with Crippen LogP contribution >= 0.6 is 11.6 Å². The van der Waals surface area contributed by atoms with E-state index in [1.165, 1.54) is 24.3 Å². The first-order valence-corrected chi connectivity index (χ1v) is 12.6.